The van der Waals surface area contributed by atoms with Gasteiger partial charge in [-0.1, -0.05) is 18.2 Å². The molecule has 3 aromatic rings. The van der Waals surface area contributed by atoms with Crippen LogP contribution in [0.5, 0.6) is 0 Å². The molecule has 0 unspecified atom stereocenters. The van der Waals surface area contributed by atoms with E-state index in [1.54, 1.807) is 41.2 Å². The Morgan fingerprint density at radius 1 is 1.20 bits per heavy atom. The Hall–Kier alpha value is -3.28. The van der Waals surface area contributed by atoms with Gasteiger partial charge in [-0.2, -0.15) is 0 Å². The maximum Gasteiger partial charge on any atom is 0.244 e. The van der Waals surface area contributed by atoms with Gasteiger partial charge in [-0.15, -0.1) is 0 Å². The maximum absolute atomic E-state index is 14.1. The molecule has 25 heavy (non-hydrogen) atoms. The minimum Gasteiger partial charge on any atom is -0.348 e. The first-order valence-electron chi connectivity index (χ1n) is 7.60. The Labute approximate surface area is 143 Å². The van der Waals surface area contributed by atoms with Gasteiger partial charge in [0.1, 0.15) is 11.6 Å². The molecule has 0 aliphatic carbocycles. The van der Waals surface area contributed by atoms with Crippen molar-refractivity contribution in [3.63, 3.8) is 0 Å². The summed E-state index contributed by atoms with van der Waals surface area (Å²) in [7, 11) is 0. The molecule has 0 saturated carbocycles. The molecule has 6 heteroatoms. The lowest BCUT2D eigenvalue weighted by Crippen LogP contribution is -2.20. The highest BCUT2D eigenvalue weighted by molar-refractivity contribution is 5.91. The number of hydrogen-bond donors (Lipinski definition) is 1. The molecule has 0 radical (unpaired) electrons. The summed E-state index contributed by atoms with van der Waals surface area (Å²) in [5.41, 5.74) is 1.61. The van der Waals surface area contributed by atoms with Crippen LogP contribution in [0.3, 0.4) is 0 Å². The van der Waals surface area contributed by atoms with E-state index in [4.69, 9.17) is 0 Å². The molecule has 0 saturated heterocycles. The lowest BCUT2D eigenvalue weighted by molar-refractivity contribution is -0.116. The van der Waals surface area contributed by atoms with E-state index in [-0.39, 0.29) is 18.3 Å². The van der Waals surface area contributed by atoms with Gasteiger partial charge in [0.05, 0.1) is 12.0 Å². The zero-order chi connectivity index (χ0) is 17.6. The molecule has 4 nitrogen and oxygen atoms in total. The van der Waals surface area contributed by atoms with Crippen LogP contribution in [0.4, 0.5) is 8.78 Å². The first kappa shape index (κ1) is 16.6. The summed E-state index contributed by atoms with van der Waals surface area (Å²) in [4.78, 5) is 15.7. The van der Waals surface area contributed by atoms with Crippen LogP contribution in [-0.2, 0) is 11.3 Å². The van der Waals surface area contributed by atoms with Crippen LogP contribution in [-0.4, -0.2) is 15.5 Å². The van der Waals surface area contributed by atoms with Crippen LogP contribution in [0, 0.1) is 11.6 Å². The predicted molar refractivity (Wildman–Crippen MR) is 90.8 cm³/mol. The number of nitrogens with one attached hydrogen (secondary N) is 1. The summed E-state index contributed by atoms with van der Waals surface area (Å²) in [6.45, 7) is 0.188. The quantitative estimate of drug-likeness (QED) is 0.724. The number of amides is 1. The normalized spacial score (nSPS) is 11.0. The Balaban J connectivity index is 1.60. The van der Waals surface area contributed by atoms with Gasteiger partial charge in [0.15, 0.2) is 0 Å². The first-order valence-corrected chi connectivity index (χ1v) is 7.60. The van der Waals surface area contributed by atoms with E-state index in [0.29, 0.717) is 16.8 Å². The number of halogens is 2. The molecule has 0 spiro atoms. The molecule has 0 aliphatic rings. The average Bonchev–Trinajstić information content (AvgIpc) is 3.12. The van der Waals surface area contributed by atoms with Crippen molar-refractivity contribution in [3.05, 3.63) is 90.0 Å². The summed E-state index contributed by atoms with van der Waals surface area (Å²) >= 11 is 0. The Kier molecular flexibility index (Phi) is 4.99. The van der Waals surface area contributed by atoms with Crippen molar-refractivity contribution in [2.45, 2.75) is 6.54 Å². The summed E-state index contributed by atoms with van der Waals surface area (Å²) in [6.07, 6.45) is 7.55. The highest BCUT2D eigenvalue weighted by Crippen LogP contribution is 2.15. The van der Waals surface area contributed by atoms with Gasteiger partial charge >= 0.3 is 0 Å². The average molecular weight is 339 g/mol. The maximum atomic E-state index is 14.1. The van der Waals surface area contributed by atoms with Crippen LogP contribution >= 0.6 is 0 Å². The Morgan fingerprint density at radius 2 is 2.08 bits per heavy atom. The molecule has 1 N–H and O–H groups in total. The third-order valence-electron chi connectivity index (χ3n) is 3.54. The Bertz CT molecular complexity index is 905. The number of imidazole rings is 1. The number of rotatable bonds is 5. The van der Waals surface area contributed by atoms with Gasteiger partial charge < -0.3 is 9.88 Å². The molecular formula is C19H15F2N3O. The van der Waals surface area contributed by atoms with Gasteiger partial charge in [0.25, 0.3) is 0 Å². The van der Waals surface area contributed by atoms with Gasteiger partial charge in [0, 0.05) is 25.0 Å². The number of carbonyl (C=O) groups is 1. The van der Waals surface area contributed by atoms with Crippen LogP contribution in [0.1, 0.15) is 11.1 Å². The van der Waals surface area contributed by atoms with E-state index < -0.39 is 5.82 Å². The standard InChI is InChI=1S/C19H15F2N3O/c20-16-3-1-2-14(10-16)5-7-19(25)23-12-15-4-6-18(17(21)11-15)24-9-8-22-13-24/h1-11,13H,12H2,(H,23,25). The Morgan fingerprint density at radius 3 is 2.80 bits per heavy atom. The van der Waals surface area contributed by atoms with E-state index >= 15 is 0 Å². The molecule has 0 fully saturated rings. The molecule has 1 aromatic heterocycles. The van der Waals surface area contributed by atoms with Gasteiger partial charge in [-0.05, 0) is 41.5 Å². The fourth-order valence-electron chi connectivity index (χ4n) is 2.30. The second-order valence-corrected chi connectivity index (χ2v) is 5.36. The highest BCUT2D eigenvalue weighted by Gasteiger charge is 2.06. The van der Waals surface area contributed by atoms with Gasteiger partial charge in [0.2, 0.25) is 5.91 Å². The fourth-order valence-corrected chi connectivity index (χ4v) is 2.30. The van der Waals surface area contributed by atoms with E-state index in [2.05, 4.69) is 10.3 Å². The predicted octanol–water partition coefficient (Wildman–Crippen LogP) is 3.48. The highest BCUT2D eigenvalue weighted by atomic mass is 19.1. The zero-order valence-electron chi connectivity index (χ0n) is 13.2. The zero-order valence-corrected chi connectivity index (χ0v) is 13.2. The number of carbonyl (C=O) groups excluding carboxylic acids is 1. The smallest absolute Gasteiger partial charge is 0.244 e. The number of benzene rings is 2. The molecule has 3 rings (SSSR count). The fraction of sp³-hybridized carbons (Fsp3) is 0.0526. The van der Waals surface area contributed by atoms with Crippen molar-refractivity contribution in [3.8, 4) is 5.69 Å². The van der Waals surface area contributed by atoms with Crippen LogP contribution < -0.4 is 5.32 Å². The lowest BCUT2D eigenvalue weighted by atomic mass is 10.2. The number of hydrogen-bond acceptors (Lipinski definition) is 2. The molecule has 0 atom stereocenters. The van der Waals surface area contributed by atoms with E-state index in [1.165, 1.54) is 36.7 Å². The molecule has 1 amide bonds. The van der Waals surface area contributed by atoms with Crippen LogP contribution in [0.25, 0.3) is 11.8 Å². The minimum atomic E-state index is -0.403. The van der Waals surface area contributed by atoms with Gasteiger partial charge in [-0.25, -0.2) is 13.8 Å². The molecular weight excluding hydrogens is 324 g/mol. The molecule has 0 aliphatic heterocycles. The second-order valence-electron chi connectivity index (χ2n) is 5.36. The van der Waals surface area contributed by atoms with E-state index in [9.17, 15) is 13.6 Å². The summed E-state index contributed by atoms with van der Waals surface area (Å²) in [5.74, 6) is -1.11. The number of nitrogens with zero attached hydrogens (tertiary/aromatic N) is 2. The topological polar surface area (TPSA) is 46.9 Å². The third-order valence-corrected chi connectivity index (χ3v) is 3.54. The SMILES string of the molecule is O=C(C=Cc1cccc(F)c1)NCc1ccc(-n2ccnc2)c(F)c1. The van der Waals surface area contributed by atoms with Crippen molar-refractivity contribution in [1.82, 2.24) is 14.9 Å². The second kappa shape index (κ2) is 7.53. The molecule has 2 aromatic carbocycles. The van der Waals surface area contributed by atoms with Crippen molar-refractivity contribution in [2.75, 3.05) is 0 Å². The van der Waals surface area contributed by atoms with Crippen molar-refractivity contribution in [1.29, 1.82) is 0 Å². The van der Waals surface area contributed by atoms with Crippen molar-refractivity contribution in [2.24, 2.45) is 0 Å². The third kappa shape index (κ3) is 4.38. The summed E-state index contributed by atoms with van der Waals surface area (Å²) < 4.78 is 28.8. The summed E-state index contributed by atoms with van der Waals surface area (Å²) in [6, 6.07) is 10.6. The molecule has 126 valence electrons. The monoisotopic (exact) mass is 339 g/mol. The number of aromatic nitrogens is 2. The van der Waals surface area contributed by atoms with Crippen LogP contribution in [0.2, 0.25) is 0 Å². The van der Waals surface area contributed by atoms with Crippen molar-refractivity contribution >= 4 is 12.0 Å². The van der Waals surface area contributed by atoms with E-state index in [0.717, 1.165) is 0 Å². The minimum absolute atomic E-state index is 0.188. The largest absolute Gasteiger partial charge is 0.348 e. The van der Waals surface area contributed by atoms with Crippen molar-refractivity contribution < 1.29 is 13.6 Å². The lowest BCUT2D eigenvalue weighted by Gasteiger charge is -2.07. The first-order chi connectivity index (χ1) is 12.1. The molecule has 0 bridgehead atoms. The summed E-state index contributed by atoms with van der Waals surface area (Å²) in [5, 5.41) is 2.66. The molecule has 1 heterocycles. The van der Waals surface area contributed by atoms with Crippen LogP contribution in [0.15, 0.2) is 67.3 Å². The van der Waals surface area contributed by atoms with Gasteiger partial charge in [-0.3, -0.25) is 4.79 Å². The van der Waals surface area contributed by atoms with E-state index in [1.807, 2.05) is 0 Å².